The predicted octanol–water partition coefficient (Wildman–Crippen LogP) is 1.81. The molecule has 10 heteroatoms. The maximum atomic E-state index is 12.3. The fourth-order valence-corrected chi connectivity index (χ4v) is 3.83. The molecule has 2 amide bonds. The van der Waals surface area contributed by atoms with Crippen LogP contribution in [0.2, 0.25) is 0 Å². The van der Waals surface area contributed by atoms with Crippen molar-refractivity contribution in [3.63, 3.8) is 0 Å². The molecule has 1 fully saturated rings. The van der Waals surface area contributed by atoms with Gasteiger partial charge in [0.25, 0.3) is 0 Å². The minimum atomic E-state index is -0.299. The Balaban J connectivity index is 1.87. The van der Waals surface area contributed by atoms with Gasteiger partial charge in [-0.05, 0) is 18.4 Å². The zero-order chi connectivity index (χ0) is 21.0. The molecule has 3 rings (SSSR count). The average molecular weight is 418 g/mol. The molecular formula is C19H24ClN7O2. The van der Waals surface area contributed by atoms with E-state index in [9.17, 15) is 9.59 Å². The highest BCUT2D eigenvalue weighted by Crippen LogP contribution is 2.29. The Kier molecular flexibility index (Phi) is 6.54. The molecule has 29 heavy (non-hydrogen) atoms. The summed E-state index contributed by atoms with van der Waals surface area (Å²) in [6, 6.07) is 3.48. The third-order valence-electron chi connectivity index (χ3n) is 5.38. The second-order valence-electron chi connectivity index (χ2n) is 7.16. The van der Waals surface area contributed by atoms with Gasteiger partial charge in [-0.15, -0.1) is 11.6 Å². The van der Waals surface area contributed by atoms with Gasteiger partial charge in [0.05, 0.1) is 17.5 Å². The minimum Gasteiger partial charge on any atom is -0.354 e. The third kappa shape index (κ3) is 4.27. The van der Waals surface area contributed by atoms with Gasteiger partial charge in [-0.2, -0.15) is 5.26 Å². The number of fused-ring (bicyclic) bond motifs is 1. The van der Waals surface area contributed by atoms with Crippen LogP contribution in [0.4, 0.5) is 10.6 Å². The van der Waals surface area contributed by atoms with Crippen molar-refractivity contribution in [2.75, 3.05) is 37.5 Å². The van der Waals surface area contributed by atoms with Crippen LogP contribution in [0.5, 0.6) is 0 Å². The number of piperidine rings is 1. The first-order chi connectivity index (χ1) is 14.0. The molecule has 0 spiro atoms. The first-order valence-corrected chi connectivity index (χ1v) is 10.0. The number of nitrogens with zero attached hydrogens (tertiary/aromatic N) is 6. The van der Waals surface area contributed by atoms with Crippen LogP contribution < -0.4 is 10.2 Å². The van der Waals surface area contributed by atoms with Crippen LogP contribution in [0.15, 0.2) is 18.6 Å². The van der Waals surface area contributed by atoms with E-state index in [-0.39, 0.29) is 24.4 Å². The lowest BCUT2D eigenvalue weighted by Gasteiger charge is -2.42. The van der Waals surface area contributed by atoms with Crippen LogP contribution in [0.25, 0.3) is 11.0 Å². The number of carbonyl (C=O) groups excluding carboxylic acids is 2. The quantitative estimate of drug-likeness (QED) is 0.743. The highest BCUT2D eigenvalue weighted by Gasteiger charge is 2.32. The van der Waals surface area contributed by atoms with Crippen molar-refractivity contribution < 1.29 is 9.59 Å². The smallest absolute Gasteiger partial charge is 0.327 e. The van der Waals surface area contributed by atoms with E-state index in [4.69, 9.17) is 16.9 Å². The fraction of sp³-hybridized carbons (Fsp3) is 0.526. The van der Waals surface area contributed by atoms with Crippen molar-refractivity contribution in [2.24, 2.45) is 5.92 Å². The average Bonchev–Trinajstić information content (AvgIpc) is 3.16. The molecule has 2 atom stereocenters. The Labute approximate surface area is 174 Å². The molecule has 0 unspecified atom stereocenters. The topological polar surface area (TPSA) is 107 Å². The Bertz CT molecular complexity index is 938. The zero-order valence-electron chi connectivity index (χ0n) is 16.5. The number of nitrogens with one attached hydrogen (secondary N) is 1. The summed E-state index contributed by atoms with van der Waals surface area (Å²) in [6.07, 6.45) is 3.84. The molecular weight excluding hydrogens is 394 g/mol. The number of amides is 2. The summed E-state index contributed by atoms with van der Waals surface area (Å²) in [7, 11) is 1.94. The van der Waals surface area contributed by atoms with Crippen LogP contribution >= 0.6 is 11.6 Å². The Hall–Kier alpha value is -2.86. The molecule has 3 heterocycles. The Morgan fingerprint density at radius 2 is 2.24 bits per heavy atom. The molecule has 1 aliphatic heterocycles. The van der Waals surface area contributed by atoms with Crippen LogP contribution in [0.1, 0.15) is 19.8 Å². The SMILES string of the molecule is C[C@@H]1CCN(C(=O)CC#N)C[C@@H]1N(C)c1ncnc2c1ccn2C(=O)NCCCl. The third-order valence-corrected chi connectivity index (χ3v) is 5.57. The normalized spacial score (nSPS) is 19.0. The van der Waals surface area contributed by atoms with Crippen LogP contribution in [-0.4, -0.2) is 70.0 Å². The molecule has 1 N–H and O–H groups in total. The summed E-state index contributed by atoms with van der Waals surface area (Å²) < 4.78 is 1.44. The number of hydrogen-bond acceptors (Lipinski definition) is 6. The predicted molar refractivity (Wildman–Crippen MR) is 110 cm³/mol. The molecule has 0 bridgehead atoms. The molecule has 154 valence electrons. The van der Waals surface area contributed by atoms with Gasteiger partial charge in [0.15, 0.2) is 5.65 Å². The van der Waals surface area contributed by atoms with Gasteiger partial charge in [-0.25, -0.2) is 14.8 Å². The van der Waals surface area contributed by atoms with Gasteiger partial charge in [-0.3, -0.25) is 9.36 Å². The number of hydrogen-bond donors (Lipinski definition) is 1. The molecule has 1 saturated heterocycles. The molecule has 2 aromatic rings. The fourth-order valence-electron chi connectivity index (χ4n) is 3.74. The number of likely N-dealkylation sites (N-methyl/N-ethyl adjacent to an activating group) is 1. The second-order valence-corrected chi connectivity index (χ2v) is 7.54. The van der Waals surface area contributed by atoms with E-state index in [1.807, 2.05) is 24.1 Å². The second kappa shape index (κ2) is 9.09. The van der Waals surface area contributed by atoms with Gasteiger partial charge in [0, 0.05) is 38.8 Å². The highest BCUT2D eigenvalue weighted by molar-refractivity contribution is 6.18. The summed E-state index contributed by atoms with van der Waals surface area (Å²) >= 11 is 5.64. The van der Waals surface area contributed by atoms with E-state index in [1.54, 1.807) is 11.1 Å². The monoisotopic (exact) mass is 417 g/mol. The molecule has 9 nitrogen and oxygen atoms in total. The van der Waals surface area contributed by atoms with Crippen LogP contribution in [0.3, 0.4) is 0 Å². The number of aromatic nitrogens is 3. The number of alkyl halides is 1. The number of rotatable bonds is 5. The zero-order valence-corrected chi connectivity index (χ0v) is 17.3. The summed E-state index contributed by atoms with van der Waals surface area (Å²) in [5.74, 6) is 1.22. The number of likely N-dealkylation sites (tertiary alicyclic amines) is 1. The summed E-state index contributed by atoms with van der Waals surface area (Å²) in [5, 5.41) is 12.3. The van der Waals surface area contributed by atoms with Gasteiger partial charge in [-0.1, -0.05) is 6.92 Å². The maximum absolute atomic E-state index is 12.3. The standard InChI is InChI=1S/C19H24ClN7O2/c1-13-4-9-26(16(28)3-7-21)11-15(13)25(2)17-14-5-10-27(18(14)24-12-23-17)19(29)22-8-6-20/h5,10,12-13,15H,3-4,6,8-9,11H2,1-2H3,(H,22,29)/t13-,15+/m1/s1. The Morgan fingerprint density at radius 1 is 1.45 bits per heavy atom. The van der Waals surface area contributed by atoms with Crippen molar-refractivity contribution in [3.8, 4) is 6.07 Å². The van der Waals surface area contributed by atoms with Crippen molar-refractivity contribution >= 4 is 40.4 Å². The van der Waals surface area contributed by atoms with E-state index < -0.39 is 0 Å². The maximum Gasteiger partial charge on any atom is 0.327 e. The first-order valence-electron chi connectivity index (χ1n) is 9.51. The van der Waals surface area contributed by atoms with Crippen molar-refractivity contribution in [1.82, 2.24) is 24.8 Å². The number of anilines is 1. The largest absolute Gasteiger partial charge is 0.354 e. The van der Waals surface area contributed by atoms with Crippen molar-refractivity contribution in [1.29, 1.82) is 5.26 Å². The van der Waals surface area contributed by atoms with E-state index in [0.29, 0.717) is 42.9 Å². The molecule has 1 aliphatic rings. The number of carbonyl (C=O) groups is 2. The number of halogens is 1. The van der Waals surface area contributed by atoms with Crippen LogP contribution in [-0.2, 0) is 4.79 Å². The molecule has 2 aromatic heterocycles. The summed E-state index contributed by atoms with van der Waals surface area (Å²) in [6.45, 7) is 3.70. The van der Waals surface area contributed by atoms with Gasteiger partial charge < -0.3 is 15.1 Å². The summed E-state index contributed by atoms with van der Waals surface area (Å²) in [4.78, 5) is 37.0. The Morgan fingerprint density at radius 3 is 2.97 bits per heavy atom. The first kappa shape index (κ1) is 20.9. The van der Waals surface area contributed by atoms with E-state index in [1.165, 1.54) is 10.9 Å². The summed E-state index contributed by atoms with van der Waals surface area (Å²) in [5.41, 5.74) is 0.509. The minimum absolute atomic E-state index is 0.0397. The molecule has 0 saturated carbocycles. The lowest BCUT2D eigenvalue weighted by molar-refractivity contribution is -0.131. The van der Waals surface area contributed by atoms with Crippen molar-refractivity contribution in [3.05, 3.63) is 18.6 Å². The molecule has 0 aromatic carbocycles. The van der Waals surface area contributed by atoms with E-state index in [0.717, 1.165) is 11.8 Å². The van der Waals surface area contributed by atoms with E-state index >= 15 is 0 Å². The van der Waals surface area contributed by atoms with Crippen LogP contribution in [0, 0.1) is 17.2 Å². The molecule has 0 aliphatic carbocycles. The highest BCUT2D eigenvalue weighted by atomic mass is 35.5. The van der Waals surface area contributed by atoms with Gasteiger partial charge in [0.1, 0.15) is 18.6 Å². The van der Waals surface area contributed by atoms with Crippen molar-refractivity contribution in [2.45, 2.75) is 25.8 Å². The van der Waals surface area contributed by atoms with Gasteiger partial charge >= 0.3 is 6.03 Å². The number of nitriles is 1. The van der Waals surface area contributed by atoms with E-state index in [2.05, 4.69) is 22.2 Å². The van der Waals surface area contributed by atoms with Gasteiger partial charge in [0.2, 0.25) is 5.91 Å². The lowest BCUT2D eigenvalue weighted by Crippen LogP contribution is -2.52. The lowest BCUT2D eigenvalue weighted by atomic mass is 9.92. The molecule has 0 radical (unpaired) electrons.